The molecule has 1 aromatic heterocycles. The number of benzene rings is 2. The Balaban J connectivity index is 1.57. The molecule has 0 aliphatic carbocycles. The first-order valence-corrected chi connectivity index (χ1v) is 9.33. The smallest absolute Gasteiger partial charge is 0.230 e. The minimum absolute atomic E-state index is 0.0123. The SMILES string of the molecule is C[C@@H](NC(=O)CSc1nc2ccccc2s1)c1cccc(Cl)c1. The fraction of sp³-hybridized carbons (Fsp3) is 0.176. The van der Waals surface area contributed by atoms with E-state index in [1.54, 1.807) is 11.3 Å². The molecule has 2 aromatic carbocycles. The minimum Gasteiger partial charge on any atom is -0.349 e. The van der Waals surface area contributed by atoms with Crippen LogP contribution in [0, 0.1) is 0 Å². The zero-order valence-electron chi connectivity index (χ0n) is 12.5. The van der Waals surface area contributed by atoms with Crippen LogP contribution in [0.4, 0.5) is 0 Å². The van der Waals surface area contributed by atoms with Crippen LogP contribution in [0.2, 0.25) is 5.02 Å². The van der Waals surface area contributed by atoms with Crippen molar-refractivity contribution in [1.29, 1.82) is 0 Å². The summed E-state index contributed by atoms with van der Waals surface area (Å²) < 4.78 is 2.06. The Morgan fingerprint density at radius 1 is 1.30 bits per heavy atom. The largest absolute Gasteiger partial charge is 0.349 e. The van der Waals surface area contributed by atoms with Crippen LogP contribution in [0.15, 0.2) is 52.9 Å². The van der Waals surface area contributed by atoms with Gasteiger partial charge in [0.25, 0.3) is 0 Å². The van der Waals surface area contributed by atoms with Crippen molar-refractivity contribution in [3.63, 3.8) is 0 Å². The Labute approximate surface area is 148 Å². The summed E-state index contributed by atoms with van der Waals surface area (Å²) >= 11 is 9.06. The fourth-order valence-electron chi connectivity index (χ4n) is 2.18. The molecule has 0 aliphatic heterocycles. The van der Waals surface area contributed by atoms with E-state index in [2.05, 4.69) is 10.3 Å². The van der Waals surface area contributed by atoms with E-state index >= 15 is 0 Å². The summed E-state index contributed by atoms with van der Waals surface area (Å²) in [6.45, 7) is 1.95. The van der Waals surface area contributed by atoms with E-state index in [1.165, 1.54) is 11.8 Å². The number of nitrogens with zero attached hydrogens (tertiary/aromatic N) is 1. The van der Waals surface area contributed by atoms with Gasteiger partial charge in [-0.25, -0.2) is 4.98 Å². The predicted octanol–water partition coefficient (Wildman–Crippen LogP) is 4.92. The average molecular weight is 363 g/mol. The highest BCUT2D eigenvalue weighted by Crippen LogP contribution is 2.29. The number of aromatic nitrogens is 1. The number of carbonyl (C=O) groups excluding carboxylic acids is 1. The number of para-hydroxylation sites is 1. The lowest BCUT2D eigenvalue weighted by molar-refractivity contribution is -0.119. The molecule has 0 unspecified atom stereocenters. The highest BCUT2D eigenvalue weighted by Gasteiger charge is 2.11. The van der Waals surface area contributed by atoms with Gasteiger partial charge in [-0.2, -0.15) is 0 Å². The minimum atomic E-state index is -0.0721. The van der Waals surface area contributed by atoms with Crippen LogP contribution in [-0.4, -0.2) is 16.6 Å². The van der Waals surface area contributed by atoms with E-state index in [0.29, 0.717) is 10.8 Å². The quantitative estimate of drug-likeness (QED) is 0.655. The molecule has 3 nitrogen and oxygen atoms in total. The molecule has 3 rings (SSSR count). The summed E-state index contributed by atoms with van der Waals surface area (Å²) in [5.74, 6) is 0.340. The van der Waals surface area contributed by atoms with Gasteiger partial charge in [-0.15, -0.1) is 11.3 Å². The molecule has 1 N–H and O–H groups in total. The fourth-order valence-corrected chi connectivity index (χ4v) is 4.26. The molecule has 0 saturated heterocycles. The van der Waals surface area contributed by atoms with E-state index in [1.807, 2.05) is 55.5 Å². The van der Waals surface area contributed by atoms with Gasteiger partial charge in [0.2, 0.25) is 5.91 Å². The maximum Gasteiger partial charge on any atom is 0.230 e. The Bertz CT molecular complexity index is 801. The number of nitrogens with one attached hydrogen (secondary N) is 1. The first-order chi connectivity index (χ1) is 11.1. The Morgan fingerprint density at radius 2 is 2.13 bits per heavy atom. The lowest BCUT2D eigenvalue weighted by Crippen LogP contribution is -2.28. The number of hydrogen-bond donors (Lipinski definition) is 1. The summed E-state index contributed by atoms with van der Waals surface area (Å²) in [6, 6.07) is 15.4. The van der Waals surface area contributed by atoms with E-state index in [4.69, 9.17) is 11.6 Å². The van der Waals surface area contributed by atoms with Gasteiger partial charge in [0.1, 0.15) is 0 Å². The molecule has 1 amide bonds. The topological polar surface area (TPSA) is 42.0 Å². The maximum atomic E-state index is 12.1. The number of rotatable bonds is 5. The van der Waals surface area contributed by atoms with Gasteiger partial charge in [-0.3, -0.25) is 4.79 Å². The molecule has 0 radical (unpaired) electrons. The van der Waals surface area contributed by atoms with Crippen molar-refractivity contribution in [2.45, 2.75) is 17.3 Å². The number of fused-ring (bicyclic) bond motifs is 1. The normalized spacial score (nSPS) is 12.3. The molecule has 23 heavy (non-hydrogen) atoms. The zero-order chi connectivity index (χ0) is 16.2. The van der Waals surface area contributed by atoms with Crippen molar-refractivity contribution < 1.29 is 4.79 Å². The second-order valence-corrected chi connectivity index (χ2v) is 7.77. The molecular weight excluding hydrogens is 348 g/mol. The lowest BCUT2D eigenvalue weighted by Gasteiger charge is -2.14. The van der Waals surface area contributed by atoms with Crippen LogP contribution in [0.3, 0.4) is 0 Å². The summed E-state index contributed by atoms with van der Waals surface area (Å²) in [4.78, 5) is 16.6. The van der Waals surface area contributed by atoms with E-state index in [-0.39, 0.29) is 11.9 Å². The molecule has 0 saturated carbocycles. The van der Waals surface area contributed by atoms with Crippen LogP contribution >= 0.6 is 34.7 Å². The Hall–Kier alpha value is -1.56. The number of hydrogen-bond acceptors (Lipinski definition) is 4. The number of amides is 1. The predicted molar refractivity (Wildman–Crippen MR) is 98.4 cm³/mol. The molecule has 3 aromatic rings. The third-order valence-corrected chi connectivity index (χ3v) is 5.74. The molecule has 6 heteroatoms. The number of thiazole rings is 1. The number of thioether (sulfide) groups is 1. The first-order valence-electron chi connectivity index (χ1n) is 7.15. The molecule has 1 heterocycles. The van der Waals surface area contributed by atoms with Crippen LogP contribution < -0.4 is 5.32 Å². The summed E-state index contributed by atoms with van der Waals surface area (Å²) in [5, 5.41) is 3.66. The number of halogens is 1. The van der Waals surface area contributed by atoms with Gasteiger partial charge < -0.3 is 5.32 Å². The molecule has 0 aliphatic rings. The molecule has 0 bridgehead atoms. The van der Waals surface area contributed by atoms with Gasteiger partial charge in [0, 0.05) is 5.02 Å². The average Bonchev–Trinajstić information content (AvgIpc) is 2.96. The highest BCUT2D eigenvalue weighted by molar-refractivity contribution is 8.01. The molecule has 118 valence electrons. The summed E-state index contributed by atoms with van der Waals surface area (Å²) in [6.07, 6.45) is 0. The number of carbonyl (C=O) groups is 1. The maximum absolute atomic E-state index is 12.1. The first kappa shape index (κ1) is 16.3. The molecule has 1 atom stereocenters. The summed E-state index contributed by atoms with van der Waals surface area (Å²) in [7, 11) is 0. The van der Waals surface area contributed by atoms with Crippen LogP contribution in [0.1, 0.15) is 18.5 Å². The molecule has 0 fully saturated rings. The lowest BCUT2D eigenvalue weighted by atomic mass is 10.1. The third kappa shape index (κ3) is 4.25. The highest BCUT2D eigenvalue weighted by atomic mass is 35.5. The summed E-state index contributed by atoms with van der Waals surface area (Å²) in [5.41, 5.74) is 1.98. The monoisotopic (exact) mass is 362 g/mol. The standard InChI is InChI=1S/C17H15ClN2OS2/c1-11(12-5-4-6-13(18)9-12)19-16(21)10-22-17-20-14-7-2-3-8-15(14)23-17/h2-9,11H,10H2,1H3,(H,19,21)/t11-/m1/s1. The third-order valence-electron chi connectivity index (χ3n) is 3.33. The zero-order valence-corrected chi connectivity index (χ0v) is 14.8. The molecule has 0 spiro atoms. The van der Waals surface area contributed by atoms with Gasteiger partial charge in [-0.05, 0) is 36.8 Å². The Kier molecular flexibility index (Phi) is 5.20. The second-order valence-electron chi connectivity index (χ2n) is 5.08. The van der Waals surface area contributed by atoms with Crippen molar-refractivity contribution >= 4 is 50.8 Å². The van der Waals surface area contributed by atoms with Crippen molar-refractivity contribution in [3.05, 3.63) is 59.1 Å². The van der Waals surface area contributed by atoms with Crippen molar-refractivity contribution in [2.24, 2.45) is 0 Å². The van der Waals surface area contributed by atoms with E-state index in [0.717, 1.165) is 20.1 Å². The van der Waals surface area contributed by atoms with Crippen LogP contribution in [-0.2, 0) is 4.79 Å². The van der Waals surface area contributed by atoms with Gasteiger partial charge in [-0.1, -0.05) is 47.6 Å². The second kappa shape index (κ2) is 7.34. The van der Waals surface area contributed by atoms with Crippen LogP contribution in [0.25, 0.3) is 10.2 Å². The van der Waals surface area contributed by atoms with Crippen molar-refractivity contribution in [2.75, 3.05) is 5.75 Å². The van der Waals surface area contributed by atoms with Gasteiger partial charge >= 0.3 is 0 Å². The van der Waals surface area contributed by atoms with E-state index in [9.17, 15) is 4.79 Å². The van der Waals surface area contributed by atoms with Crippen molar-refractivity contribution in [3.8, 4) is 0 Å². The van der Waals surface area contributed by atoms with Gasteiger partial charge in [0.05, 0.1) is 22.0 Å². The van der Waals surface area contributed by atoms with Gasteiger partial charge in [0.15, 0.2) is 4.34 Å². The Morgan fingerprint density at radius 3 is 2.91 bits per heavy atom. The van der Waals surface area contributed by atoms with Crippen molar-refractivity contribution in [1.82, 2.24) is 10.3 Å². The molecular formula is C17H15ClN2OS2. The van der Waals surface area contributed by atoms with E-state index < -0.39 is 0 Å². The van der Waals surface area contributed by atoms with Crippen LogP contribution in [0.5, 0.6) is 0 Å².